The van der Waals surface area contributed by atoms with Crippen molar-refractivity contribution >= 4 is 35.0 Å². The molecule has 32 heavy (non-hydrogen) atoms. The second-order valence-corrected chi connectivity index (χ2v) is 8.76. The van der Waals surface area contributed by atoms with Crippen LogP contribution < -0.4 is 20.2 Å². The molecule has 2 N–H and O–H groups in total. The molecule has 2 heterocycles. The Bertz CT molecular complexity index is 1110. The number of hydrogen-bond acceptors (Lipinski definition) is 7. The van der Waals surface area contributed by atoms with Gasteiger partial charge in [-0.3, -0.25) is 4.79 Å². The van der Waals surface area contributed by atoms with Gasteiger partial charge >= 0.3 is 0 Å². The molecule has 1 aliphatic heterocycles. The summed E-state index contributed by atoms with van der Waals surface area (Å²) in [5, 5.41) is 12.2. The maximum Gasteiger partial charge on any atom is 0.240 e. The van der Waals surface area contributed by atoms with E-state index in [2.05, 4.69) is 27.9 Å². The van der Waals surface area contributed by atoms with Gasteiger partial charge in [0.15, 0.2) is 5.82 Å². The number of aryl methyl sites for hydroxylation is 1. The Hall–Kier alpha value is -2.91. The third kappa shape index (κ3) is 4.49. The van der Waals surface area contributed by atoms with Gasteiger partial charge in [-0.15, -0.1) is 10.2 Å². The van der Waals surface area contributed by atoms with Crippen molar-refractivity contribution in [1.82, 2.24) is 14.9 Å². The molecule has 0 spiro atoms. The number of nitrogens with one attached hydrogen (secondary N) is 2. The summed E-state index contributed by atoms with van der Waals surface area (Å²) in [5.74, 6) is 1.97. The van der Waals surface area contributed by atoms with E-state index in [1.807, 2.05) is 16.8 Å². The van der Waals surface area contributed by atoms with Crippen LogP contribution in [0.2, 0.25) is 5.02 Å². The average Bonchev–Trinajstić information content (AvgIpc) is 3.20. The van der Waals surface area contributed by atoms with E-state index >= 15 is 0 Å². The number of methoxy groups -OCH3 is 2. The molecule has 0 saturated heterocycles. The topological polar surface area (TPSA) is 90.3 Å². The first kappa shape index (κ1) is 22.3. The molecule has 1 amide bonds. The normalized spacial score (nSPS) is 17.2. The fourth-order valence-electron chi connectivity index (χ4n) is 3.50. The molecule has 0 fully saturated rings. The van der Waals surface area contributed by atoms with Gasteiger partial charge in [0.2, 0.25) is 11.1 Å². The highest BCUT2D eigenvalue weighted by atomic mass is 35.5. The van der Waals surface area contributed by atoms with Crippen molar-refractivity contribution < 1.29 is 14.3 Å². The minimum atomic E-state index is -0.507. The summed E-state index contributed by atoms with van der Waals surface area (Å²) in [6.07, 6.45) is 1.71. The molecule has 2 aromatic carbocycles. The number of rotatable bonds is 7. The Morgan fingerprint density at radius 3 is 2.62 bits per heavy atom. The van der Waals surface area contributed by atoms with Gasteiger partial charge < -0.3 is 20.2 Å². The maximum atomic E-state index is 13.3. The Labute approximate surface area is 195 Å². The van der Waals surface area contributed by atoms with Crippen molar-refractivity contribution in [2.45, 2.75) is 36.2 Å². The second kappa shape index (κ2) is 9.70. The number of aromatic nitrogens is 3. The fraction of sp³-hybridized carbons (Fsp3) is 0.318. The molecule has 0 saturated carbocycles. The van der Waals surface area contributed by atoms with Crippen LogP contribution in [0.1, 0.15) is 30.8 Å². The van der Waals surface area contributed by atoms with Crippen LogP contribution in [-0.4, -0.2) is 40.3 Å². The number of thioether (sulfide) groups is 1. The number of anilines is 1. The first-order valence-electron chi connectivity index (χ1n) is 10.2. The first-order chi connectivity index (χ1) is 15.5. The summed E-state index contributed by atoms with van der Waals surface area (Å²) in [6, 6.07) is 12.4. The van der Waals surface area contributed by atoms with Crippen LogP contribution >= 0.6 is 23.4 Å². The molecule has 1 aliphatic rings. The molecule has 0 aliphatic carbocycles. The number of benzene rings is 2. The van der Waals surface area contributed by atoms with Crippen LogP contribution in [0.25, 0.3) is 0 Å². The fourth-order valence-corrected chi connectivity index (χ4v) is 4.86. The quantitative estimate of drug-likeness (QED) is 0.528. The third-order valence-electron chi connectivity index (χ3n) is 5.13. The van der Waals surface area contributed by atoms with E-state index in [1.54, 1.807) is 44.6 Å². The predicted octanol–water partition coefficient (Wildman–Crippen LogP) is 4.30. The van der Waals surface area contributed by atoms with Crippen LogP contribution in [0.3, 0.4) is 0 Å². The molecule has 168 valence electrons. The lowest BCUT2D eigenvalue weighted by Gasteiger charge is -2.33. The van der Waals surface area contributed by atoms with Crippen molar-refractivity contribution in [3.63, 3.8) is 0 Å². The summed E-state index contributed by atoms with van der Waals surface area (Å²) in [7, 11) is 3.17. The minimum absolute atomic E-state index is 0.157. The van der Waals surface area contributed by atoms with Gasteiger partial charge in [-0.1, -0.05) is 36.4 Å². The van der Waals surface area contributed by atoms with E-state index in [0.717, 1.165) is 30.0 Å². The highest BCUT2D eigenvalue weighted by molar-refractivity contribution is 8.00. The Kier molecular flexibility index (Phi) is 6.76. The molecule has 0 radical (unpaired) electrons. The van der Waals surface area contributed by atoms with Gasteiger partial charge in [0.25, 0.3) is 0 Å². The van der Waals surface area contributed by atoms with Crippen molar-refractivity contribution in [3.8, 4) is 11.5 Å². The lowest BCUT2D eigenvalue weighted by atomic mass is 10.0. The number of halogens is 1. The van der Waals surface area contributed by atoms with Crippen LogP contribution in [-0.2, 0) is 11.2 Å². The molecule has 10 heteroatoms. The van der Waals surface area contributed by atoms with Crippen LogP contribution in [0.15, 0.2) is 47.6 Å². The second-order valence-electron chi connectivity index (χ2n) is 7.24. The average molecular weight is 474 g/mol. The Morgan fingerprint density at radius 1 is 1.19 bits per heavy atom. The summed E-state index contributed by atoms with van der Waals surface area (Å²) in [6.45, 7) is 2.09. The largest absolute Gasteiger partial charge is 0.497 e. The zero-order chi connectivity index (χ0) is 22.7. The molecule has 2 atom stereocenters. The van der Waals surface area contributed by atoms with Crippen molar-refractivity contribution in [3.05, 3.63) is 58.9 Å². The van der Waals surface area contributed by atoms with E-state index in [4.69, 9.17) is 21.1 Å². The van der Waals surface area contributed by atoms with Gasteiger partial charge in [-0.05, 0) is 48.4 Å². The molecule has 0 bridgehead atoms. The number of amides is 1. The number of carbonyl (C=O) groups is 1. The van der Waals surface area contributed by atoms with Gasteiger partial charge in [-0.2, -0.15) is 0 Å². The van der Waals surface area contributed by atoms with E-state index < -0.39 is 5.25 Å². The summed E-state index contributed by atoms with van der Waals surface area (Å²) in [5.41, 5.74) is 4.98. The lowest BCUT2D eigenvalue weighted by molar-refractivity contribution is -0.116. The summed E-state index contributed by atoms with van der Waals surface area (Å²) >= 11 is 7.76. The van der Waals surface area contributed by atoms with Crippen LogP contribution in [0, 0.1) is 0 Å². The minimum Gasteiger partial charge on any atom is -0.497 e. The van der Waals surface area contributed by atoms with Crippen LogP contribution in [0.4, 0.5) is 5.69 Å². The molecular formula is C22H24ClN5O3S. The first-order valence-corrected chi connectivity index (χ1v) is 11.5. The Balaban J connectivity index is 1.66. The number of fused-ring (bicyclic) bond motifs is 1. The van der Waals surface area contributed by atoms with E-state index in [0.29, 0.717) is 21.6 Å². The standard InChI is InChI=1S/C22H24ClN5O3S/c1-4-5-18-25-26-22-28(18)27-19(13-6-11-17(31-3)16(23)12-13)20(32-22)21(29)24-14-7-9-15(30-2)10-8-14/h6-12,19-20,27H,4-5H2,1-3H3,(H,24,29)/t19-,20-/m0/s1. The van der Waals surface area contributed by atoms with Gasteiger partial charge in [0.05, 0.1) is 25.3 Å². The summed E-state index contributed by atoms with van der Waals surface area (Å²) < 4.78 is 12.3. The van der Waals surface area contributed by atoms with Gasteiger partial charge in [-0.25, -0.2) is 4.68 Å². The lowest BCUT2D eigenvalue weighted by Crippen LogP contribution is -2.41. The molecule has 8 nitrogen and oxygen atoms in total. The SMILES string of the molecule is CCCc1nnc2n1N[C@@H](c1ccc(OC)c(Cl)c1)[C@@H](C(=O)Nc1ccc(OC)cc1)S2. The van der Waals surface area contributed by atoms with E-state index in [9.17, 15) is 4.79 Å². The predicted molar refractivity (Wildman–Crippen MR) is 125 cm³/mol. The van der Waals surface area contributed by atoms with Crippen LogP contribution in [0.5, 0.6) is 11.5 Å². The van der Waals surface area contributed by atoms with Crippen molar-refractivity contribution in [2.75, 3.05) is 25.0 Å². The van der Waals surface area contributed by atoms with E-state index in [-0.39, 0.29) is 11.9 Å². The number of nitrogens with zero attached hydrogens (tertiary/aromatic N) is 3. The van der Waals surface area contributed by atoms with Gasteiger partial charge in [0, 0.05) is 12.1 Å². The highest BCUT2D eigenvalue weighted by Crippen LogP contribution is 2.39. The molecule has 0 unspecified atom stereocenters. The van der Waals surface area contributed by atoms with Crippen molar-refractivity contribution in [1.29, 1.82) is 0 Å². The molecular weight excluding hydrogens is 450 g/mol. The number of carbonyl (C=O) groups excluding carboxylic acids is 1. The summed E-state index contributed by atoms with van der Waals surface area (Å²) in [4.78, 5) is 13.3. The number of hydrogen-bond donors (Lipinski definition) is 2. The zero-order valence-corrected chi connectivity index (χ0v) is 19.5. The smallest absolute Gasteiger partial charge is 0.240 e. The van der Waals surface area contributed by atoms with Gasteiger partial charge in [0.1, 0.15) is 16.7 Å². The van der Waals surface area contributed by atoms with Crippen molar-refractivity contribution in [2.24, 2.45) is 0 Å². The maximum absolute atomic E-state index is 13.3. The van der Waals surface area contributed by atoms with E-state index in [1.165, 1.54) is 11.8 Å². The number of ether oxygens (including phenoxy) is 2. The molecule has 4 rings (SSSR count). The highest BCUT2D eigenvalue weighted by Gasteiger charge is 2.38. The Morgan fingerprint density at radius 2 is 1.97 bits per heavy atom. The zero-order valence-electron chi connectivity index (χ0n) is 18.0. The molecule has 1 aromatic heterocycles. The third-order valence-corrected chi connectivity index (χ3v) is 6.64. The molecule has 3 aromatic rings. The monoisotopic (exact) mass is 473 g/mol.